The largest absolute Gasteiger partial charge is 0.379 e. The van der Waals surface area contributed by atoms with Gasteiger partial charge in [0.15, 0.2) is 5.78 Å². The summed E-state index contributed by atoms with van der Waals surface area (Å²) in [5.74, 6) is -0.372. The summed E-state index contributed by atoms with van der Waals surface area (Å²) in [6.07, 6.45) is 0.0260. The van der Waals surface area contributed by atoms with E-state index in [2.05, 4.69) is 27.1 Å². The van der Waals surface area contributed by atoms with Crippen LogP contribution in [-0.2, 0) is 32.6 Å². The number of benzene rings is 2. The van der Waals surface area contributed by atoms with E-state index < -0.39 is 10.0 Å². The minimum Gasteiger partial charge on any atom is -0.379 e. The Morgan fingerprint density at radius 3 is 2.41 bits per heavy atom. The Labute approximate surface area is 189 Å². The molecule has 2 aromatic rings. The van der Waals surface area contributed by atoms with Gasteiger partial charge >= 0.3 is 0 Å². The smallest absolute Gasteiger partial charge is 0.240 e. The second-order valence-corrected chi connectivity index (χ2v) is 9.48. The van der Waals surface area contributed by atoms with E-state index in [-0.39, 0.29) is 29.6 Å². The Bertz CT molecular complexity index is 1030. The van der Waals surface area contributed by atoms with Gasteiger partial charge in [-0.2, -0.15) is 0 Å². The molecule has 1 saturated heterocycles. The van der Waals surface area contributed by atoms with Gasteiger partial charge in [0, 0.05) is 44.7 Å². The highest BCUT2D eigenvalue weighted by atomic mass is 32.2. The van der Waals surface area contributed by atoms with Gasteiger partial charge in [-0.15, -0.1) is 0 Å². The first-order valence-corrected chi connectivity index (χ1v) is 12.1. The van der Waals surface area contributed by atoms with Crippen LogP contribution < -0.4 is 10.0 Å². The number of amides is 1. The van der Waals surface area contributed by atoms with Crippen LogP contribution in [0.15, 0.2) is 53.4 Å². The minimum atomic E-state index is -3.74. The van der Waals surface area contributed by atoms with E-state index in [0.717, 1.165) is 38.4 Å². The Kier molecular flexibility index (Phi) is 8.52. The fourth-order valence-corrected chi connectivity index (χ4v) is 4.43. The molecule has 0 aromatic heterocycles. The summed E-state index contributed by atoms with van der Waals surface area (Å²) in [6.45, 7) is 5.97. The van der Waals surface area contributed by atoms with Crippen molar-refractivity contribution in [2.75, 3.05) is 32.8 Å². The van der Waals surface area contributed by atoms with E-state index in [4.69, 9.17) is 4.74 Å². The van der Waals surface area contributed by atoms with E-state index >= 15 is 0 Å². The molecule has 1 aliphatic rings. The zero-order valence-electron chi connectivity index (χ0n) is 18.2. The standard InChI is InChI=1S/C23H29N3O5S/c1-18(27)21-5-7-22(8-6-21)32(29,30)25-10-9-23(28)24-16-19-3-2-4-20(15-19)17-26-11-13-31-14-12-26/h2-8,15,25H,9-14,16-17H2,1H3,(H,24,28). The van der Waals surface area contributed by atoms with Crippen LogP contribution in [0.25, 0.3) is 0 Å². The average molecular weight is 460 g/mol. The lowest BCUT2D eigenvalue weighted by molar-refractivity contribution is -0.121. The van der Waals surface area contributed by atoms with Crippen LogP contribution in [0.1, 0.15) is 34.8 Å². The van der Waals surface area contributed by atoms with Crippen LogP contribution in [0.4, 0.5) is 0 Å². The minimum absolute atomic E-state index is 0.0142. The van der Waals surface area contributed by atoms with Gasteiger partial charge in [0.2, 0.25) is 15.9 Å². The molecule has 0 aliphatic carbocycles. The number of hydrogen-bond donors (Lipinski definition) is 2. The highest BCUT2D eigenvalue weighted by Gasteiger charge is 2.15. The van der Waals surface area contributed by atoms with Gasteiger partial charge in [0.05, 0.1) is 18.1 Å². The number of carbonyl (C=O) groups excluding carboxylic acids is 2. The summed E-state index contributed by atoms with van der Waals surface area (Å²) in [5, 5.41) is 2.83. The summed E-state index contributed by atoms with van der Waals surface area (Å²) >= 11 is 0. The zero-order chi connectivity index (χ0) is 23.0. The zero-order valence-corrected chi connectivity index (χ0v) is 19.0. The topological polar surface area (TPSA) is 105 Å². The molecular formula is C23H29N3O5S. The number of nitrogens with zero attached hydrogens (tertiary/aromatic N) is 1. The van der Waals surface area contributed by atoms with Crippen molar-refractivity contribution >= 4 is 21.7 Å². The molecule has 1 amide bonds. The normalized spacial score (nSPS) is 14.8. The molecule has 2 aromatic carbocycles. The van der Waals surface area contributed by atoms with Gasteiger partial charge in [-0.05, 0) is 30.2 Å². The molecule has 9 heteroatoms. The Hall–Kier alpha value is -2.59. The monoisotopic (exact) mass is 459 g/mol. The molecule has 0 unspecified atom stereocenters. The van der Waals surface area contributed by atoms with E-state index in [1.54, 1.807) is 0 Å². The second kappa shape index (κ2) is 11.3. The molecule has 2 N–H and O–H groups in total. The van der Waals surface area contributed by atoms with Crippen LogP contribution in [0.5, 0.6) is 0 Å². The number of carbonyl (C=O) groups is 2. The maximum Gasteiger partial charge on any atom is 0.240 e. The van der Waals surface area contributed by atoms with Crippen LogP contribution in [0.2, 0.25) is 0 Å². The lowest BCUT2D eigenvalue weighted by Crippen LogP contribution is -2.35. The van der Waals surface area contributed by atoms with E-state index in [1.807, 2.05) is 12.1 Å². The summed E-state index contributed by atoms with van der Waals surface area (Å²) < 4.78 is 32.5. The number of morpholine rings is 1. The fourth-order valence-electron chi connectivity index (χ4n) is 3.40. The van der Waals surface area contributed by atoms with Crippen LogP contribution in [-0.4, -0.2) is 57.9 Å². The first kappa shape index (κ1) is 24.1. The van der Waals surface area contributed by atoms with Crippen molar-refractivity contribution in [2.45, 2.75) is 31.3 Å². The van der Waals surface area contributed by atoms with Gasteiger partial charge in [0.25, 0.3) is 0 Å². The van der Waals surface area contributed by atoms with Crippen LogP contribution in [0, 0.1) is 0 Å². The highest BCUT2D eigenvalue weighted by Crippen LogP contribution is 2.12. The molecule has 0 spiro atoms. The Morgan fingerprint density at radius 2 is 1.72 bits per heavy atom. The first-order chi connectivity index (χ1) is 15.3. The van der Waals surface area contributed by atoms with Crippen molar-refractivity contribution in [3.05, 3.63) is 65.2 Å². The van der Waals surface area contributed by atoms with Crippen LogP contribution in [0.3, 0.4) is 0 Å². The summed E-state index contributed by atoms with van der Waals surface area (Å²) in [6, 6.07) is 13.8. The number of Topliss-reactive ketones (excluding diaryl/α,β-unsaturated/α-hetero) is 1. The van der Waals surface area contributed by atoms with E-state index in [0.29, 0.717) is 12.1 Å². The summed E-state index contributed by atoms with van der Waals surface area (Å²) in [4.78, 5) is 25.9. The number of sulfonamides is 1. The Morgan fingerprint density at radius 1 is 1.03 bits per heavy atom. The molecule has 0 radical (unpaired) electrons. The molecule has 0 saturated carbocycles. The molecular weight excluding hydrogens is 430 g/mol. The predicted octanol–water partition coefficient (Wildman–Crippen LogP) is 1.71. The number of hydrogen-bond acceptors (Lipinski definition) is 6. The molecule has 3 rings (SSSR count). The molecule has 172 valence electrons. The second-order valence-electron chi connectivity index (χ2n) is 7.71. The molecule has 32 heavy (non-hydrogen) atoms. The van der Waals surface area contributed by atoms with Gasteiger partial charge < -0.3 is 10.1 Å². The predicted molar refractivity (Wildman–Crippen MR) is 121 cm³/mol. The quantitative estimate of drug-likeness (QED) is 0.524. The molecule has 0 bridgehead atoms. The molecule has 1 heterocycles. The number of nitrogens with one attached hydrogen (secondary N) is 2. The first-order valence-electron chi connectivity index (χ1n) is 10.6. The van der Waals surface area contributed by atoms with E-state index in [1.165, 1.54) is 36.8 Å². The number of ether oxygens (including phenoxy) is 1. The summed E-state index contributed by atoms with van der Waals surface area (Å²) in [7, 11) is -3.74. The number of ketones is 1. The van der Waals surface area contributed by atoms with Crippen molar-refractivity contribution in [2.24, 2.45) is 0 Å². The third-order valence-electron chi connectivity index (χ3n) is 5.21. The van der Waals surface area contributed by atoms with Gasteiger partial charge in [-0.1, -0.05) is 36.4 Å². The highest BCUT2D eigenvalue weighted by molar-refractivity contribution is 7.89. The van der Waals surface area contributed by atoms with Gasteiger partial charge in [-0.25, -0.2) is 13.1 Å². The average Bonchev–Trinajstić information content (AvgIpc) is 2.78. The van der Waals surface area contributed by atoms with Crippen molar-refractivity contribution in [1.82, 2.24) is 14.9 Å². The lowest BCUT2D eigenvalue weighted by atomic mass is 10.1. The maximum atomic E-state index is 12.3. The van der Waals surface area contributed by atoms with Crippen molar-refractivity contribution in [1.29, 1.82) is 0 Å². The molecule has 1 fully saturated rings. The molecule has 8 nitrogen and oxygen atoms in total. The lowest BCUT2D eigenvalue weighted by Gasteiger charge is -2.26. The molecule has 0 atom stereocenters. The third kappa shape index (κ3) is 7.23. The van der Waals surface area contributed by atoms with Crippen molar-refractivity contribution in [3.8, 4) is 0 Å². The maximum absolute atomic E-state index is 12.3. The fraction of sp³-hybridized carbons (Fsp3) is 0.391. The van der Waals surface area contributed by atoms with Crippen molar-refractivity contribution in [3.63, 3.8) is 0 Å². The Balaban J connectivity index is 1.43. The van der Waals surface area contributed by atoms with Crippen molar-refractivity contribution < 1.29 is 22.7 Å². The molecule has 1 aliphatic heterocycles. The SMILES string of the molecule is CC(=O)c1ccc(S(=O)(=O)NCCC(=O)NCc2cccc(CN3CCOCC3)c2)cc1. The number of rotatable bonds is 10. The van der Waals surface area contributed by atoms with Crippen LogP contribution >= 0.6 is 0 Å². The third-order valence-corrected chi connectivity index (χ3v) is 6.68. The van der Waals surface area contributed by atoms with Gasteiger partial charge in [-0.3, -0.25) is 14.5 Å². The van der Waals surface area contributed by atoms with Gasteiger partial charge in [0.1, 0.15) is 0 Å². The summed E-state index contributed by atoms with van der Waals surface area (Å²) in [5.41, 5.74) is 2.62. The van der Waals surface area contributed by atoms with E-state index in [9.17, 15) is 18.0 Å².